The number of aromatic nitrogens is 2. The van der Waals surface area contributed by atoms with E-state index in [2.05, 4.69) is 9.97 Å². The third-order valence-corrected chi connectivity index (χ3v) is 2.24. The van der Waals surface area contributed by atoms with E-state index in [9.17, 15) is 13.2 Å². The highest BCUT2D eigenvalue weighted by Gasteiger charge is 2.34. The highest BCUT2D eigenvalue weighted by molar-refractivity contribution is 5.14. The maximum Gasteiger partial charge on any atom is 0.451 e. The highest BCUT2D eigenvalue weighted by atomic mass is 19.4. The summed E-state index contributed by atoms with van der Waals surface area (Å²) in [6.45, 7) is 0. The molecule has 2 rings (SSSR count). The average molecular weight is 218 g/mol. The molecule has 1 saturated carbocycles. The van der Waals surface area contributed by atoms with Crippen LogP contribution in [0, 0.1) is 0 Å². The van der Waals surface area contributed by atoms with Crippen LogP contribution in [0.1, 0.15) is 25.1 Å². The van der Waals surface area contributed by atoms with Crippen molar-refractivity contribution in [3.63, 3.8) is 0 Å². The molecular formula is C9H9F3N2O. The number of nitrogens with zero attached hydrogens (tertiary/aromatic N) is 2. The zero-order valence-corrected chi connectivity index (χ0v) is 7.79. The summed E-state index contributed by atoms with van der Waals surface area (Å²) in [4.78, 5) is 6.40. The van der Waals surface area contributed by atoms with Crippen LogP contribution in [0.2, 0.25) is 0 Å². The Morgan fingerprint density at radius 3 is 2.20 bits per heavy atom. The number of alkyl halides is 3. The fourth-order valence-electron chi connectivity index (χ4n) is 1.20. The molecule has 1 aliphatic carbocycles. The lowest BCUT2D eigenvalue weighted by Crippen LogP contribution is -2.24. The lowest BCUT2D eigenvalue weighted by molar-refractivity contribution is -0.145. The summed E-state index contributed by atoms with van der Waals surface area (Å²) < 4.78 is 41.6. The van der Waals surface area contributed by atoms with Crippen molar-refractivity contribution >= 4 is 0 Å². The van der Waals surface area contributed by atoms with E-state index in [4.69, 9.17) is 4.74 Å². The van der Waals surface area contributed by atoms with Gasteiger partial charge in [0.25, 0.3) is 0 Å². The molecule has 0 spiro atoms. The zero-order valence-electron chi connectivity index (χ0n) is 7.79. The zero-order chi connectivity index (χ0) is 10.9. The minimum Gasteiger partial charge on any atom is -0.487 e. The summed E-state index contributed by atoms with van der Waals surface area (Å²) in [6.07, 6.45) is 0.746. The van der Waals surface area contributed by atoms with Crippen molar-refractivity contribution in [3.8, 4) is 5.75 Å². The van der Waals surface area contributed by atoms with Crippen LogP contribution in [0.3, 0.4) is 0 Å². The molecule has 15 heavy (non-hydrogen) atoms. The molecule has 1 heterocycles. The Kier molecular flexibility index (Phi) is 2.50. The van der Waals surface area contributed by atoms with Gasteiger partial charge in [-0.2, -0.15) is 13.2 Å². The van der Waals surface area contributed by atoms with E-state index in [1.165, 1.54) is 0 Å². The maximum atomic E-state index is 12.1. The van der Waals surface area contributed by atoms with Gasteiger partial charge in [-0.3, -0.25) is 0 Å². The van der Waals surface area contributed by atoms with E-state index in [0.717, 1.165) is 31.7 Å². The van der Waals surface area contributed by atoms with Crippen molar-refractivity contribution in [2.24, 2.45) is 0 Å². The molecule has 6 heteroatoms. The Bertz CT molecular complexity index is 332. The SMILES string of the molecule is FC(F)(F)c1ncc(OC2CCC2)cn1. The fourth-order valence-corrected chi connectivity index (χ4v) is 1.20. The van der Waals surface area contributed by atoms with Crippen LogP contribution in [0.15, 0.2) is 12.4 Å². The Hall–Kier alpha value is -1.33. The first kappa shape index (κ1) is 10.2. The first-order valence-electron chi connectivity index (χ1n) is 4.61. The smallest absolute Gasteiger partial charge is 0.451 e. The molecule has 3 nitrogen and oxygen atoms in total. The van der Waals surface area contributed by atoms with Crippen molar-refractivity contribution in [2.75, 3.05) is 0 Å². The summed E-state index contributed by atoms with van der Waals surface area (Å²) in [5.41, 5.74) is 0. The number of rotatable bonds is 2. The van der Waals surface area contributed by atoms with Gasteiger partial charge in [-0.1, -0.05) is 0 Å². The molecule has 82 valence electrons. The molecule has 0 atom stereocenters. The molecule has 0 unspecified atom stereocenters. The molecule has 1 fully saturated rings. The van der Waals surface area contributed by atoms with Gasteiger partial charge in [0.1, 0.15) is 0 Å². The fraction of sp³-hybridized carbons (Fsp3) is 0.556. The summed E-state index contributed by atoms with van der Waals surface area (Å²) in [5.74, 6) is -0.837. The molecule has 0 aromatic carbocycles. The second-order valence-electron chi connectivity index (χ2n) is 3.41. The Balaban J connectivity index is 2.03. The van der Waals surface area contributed by atoms with Crippen molar-refractivity contribution in [2.45, 2.75) is 31.5 Å². The van der Waals surface area contributed by atoms with Crippen LogP contribution in [-0.4, -0.2) is 16.1 Å². The summed E-state index contributed by atoms with van der Waals surface area (Å²) in [5, 5.41) is 0. The first-order valence-corrected chi connectivity index (χ1v) is 4.61. The predicted octanol–water partition coefficient (Wildman–Crippen LogP) is 2.43. The van der Waals surface area contributed by atoms with Gasteiger partial charge >= 0.3 is 6.18 Å². The van der Waals surface area contributed by atoms with E-state index in [-0.39, 0.29) is 6.10 Å². The molecule has 1 aliphatic rings. The second kappa shape index (κ2) is 3.67. The molecular weight excluding hydrogens is 209 g/mol. The summed E-state index contributed by atoms with van der Waals surface area (Å²) in [6, 6.07) is 0. The van der Waals surface area contributed by atoms with E-state index >= 15 is 0 Å². The van der Waals surface area contributed by atoms with Gasteiger partial charge in [0.2, 0.25) is 5.82 Å². The quantitative estimate of drug-likeness (QED) is 0.764. The maximum absolute atomic E-state index is 12.1. The average Bonchev–Trinajstić information content (AvgIpc) is 2.11. The Morgan fingerprint density at radius 2 is 1.80 bits per heavy atom. The summed E-state index contributed by atoms with van der Waals surface area (Å²) in [7, 11) is 0. The van der Waals surface area contributed by atoms with Gasteiger partial charge in [-0.05, 0) is 19.3 Å². The standard InChI is InChI=1S/C9H9F3N2O/c10-9(11,12)8-13-4-7(5-14-8)15-6-2-1-3-6/h4-6H,1-3H2. The largest absolute Gasteiger partial charge is 0.487 e. The molecule has 0 N–H and O–H groups in total. The van der Waals surface area contributed by atoms with Crippen molar-refractivity contribution in [3.05, 3.63) is 18.2 Å². The molecule has 1 aromatic rings. The minimum atomic E-state index is -4.49. The molecule has 0 radical (unpaired) electrons. The van der Waals surface area contributed by atoms with Crippen LogP contribution < -0.4 is 4.74 Å². The van der Waals surface area contributed by atoms with Gasteiger partial charge in [0, 0.05) is 0 Å². The van der Waals surface area contributed by atoms with E-state index in [1.807, 2.05) is 0 Å². The Morgan fingerprint density at radius 1 is 1.20 bits per heavy atom. The lowest BCUT2D eigenvalue weighted by atomic mass is 9.96. The second-order valence-corrected chi connectivity index (χ2v) is 3.41. The number of hydrogen-bond donors (Lipinski definition) is 0. The van der Waals surface area contributed by atoms with E-state index in [1.54, 1.807) is 0 Å². The highest BCUT2D eigenvalue weighted by Crippen LogP contribution is 2.28. The van der Waals surface area contributed by atoms with Crippen molar-refractivity contribution < 1.29 is 17.9 Å². The predicted molar refractivity (Wildman–Crippen MR) is 45.3 cm³/mol. The van der Waals surface area contributed by atoms with Gasteiger partial charge in [-0.15, -0.1) is 0 Å². The van der Waals surface area contributed by atoms with Gasteiger partial charge < -0.3 is 4.74 Å². The third-order valence-electron chi connectivity index (χ3n) is 2.24. The lowest BCUT2D eigenvalue weighted by Gasteiger charge is -2.25. The van der Waals surface area contributed by atoms with Crippen LogP contribution in [0.4, 0.5) is 13.2 Å². The normalized spacial score (nSPS) is 17.3. The number of hydrogen-bond acceptors (Lipinski definition) is 3. The third kappa shape index (κ3) is 2.37. The molecule has 0 amide bonds. The molecule has 0 saturated heterocycles. The van der Waals surface area contributed by atoms with Gasteiger partial charge in [0.05, 0.1) is 18.5 Å². The number of halogens is 3. The van der Waals surface area contributed by atoms with Gasteiger partial charge in [0.15, 0.2) is 5.75 Å². The summed E-state index contributed by atoms with van der Waals surface area (Å²) >= 11 is 0. The Labute approximate surface area is 84.3 Å². The molecule has 1 aromatic heterocycles. The van der Waals surface area contributed by atoms with Crippen LogP contribution in [0.25, 0.3) is 0 Å². The molecule has 0 bridgehead atoms. The van der Waals surface area contributed by atoms with Gasteiger partial charge in [-0.25, -0.2) is 9.97 Å². The van der Waals surface area contributed by atoms with E-state index < -0.39 is 12.0 Å². The van der Waals surface area contributed by atoms with Crippen LogP contribution >= 0.6 is 0 Å². The van der Waals surface area contributed by atoms with Crippen molar-refractivity contribution in [1.82, 2.24) is 9.97 Å². The first-order chi connectivity index (χ1) is 7.05. The van der Waals surface area contributed by atoms with Crippen LogP contribution in [0.5, 0.6) is 5.75 Å². The van der Waals surface area contributed by atoms with Crippen molar-refractivity contribution in [1.29, 1.82) is 0 Å². The topological polar surface area (TPSA) is 35.0 Å². The minimum absolute atomic E-state index is 0.116. The van der Waals surface area contributed by atoms with Crippen LogP contribution in [-0.2, 0) is 6.18 Å². The number of ether oxygens (including phenoxy) is 1. The van der Waals surface area contributed by atoms with E-state index in [0.29, 0.717) is 5.75 Å². The monoisotopic (exact) mass is 218 g/mol. The molecule has 0 aliphatic heterocycles.